The van der Waals surface area contributed by atoms with Crippen molar-refractivity contribution in [1.29, 1.82) is 0 Å². The van der Waals surface area contributed by atoms with E-state index in [4.69, 9.17) is 5.11 Å². The van der Waals surface area contributed by atoms with E-state index in [0.29, 0.717) is 12.2 Å². The molecule has 0 saturated heterocycles. The van der Waals surface area contributed by atoms with Crippen LogP contribution >= 0.6 is 11.8 Å². The fraction of sp³-hybridized carbons (Fsp3) is 0.500. The van der Waals surface area contributed by atoms with Crippen LogP contribution in [-0.4, -0.2) is 42.7 Å². The number of aliphatic hydroxyl groups excluding tert-OH is 1. The quantitative estimate of drug-likeness (QED) is 0.602. The summed E-state index contributed by atoms with van der Waals surface area (Å²) >= 11 is 1.55. The molecule has 0 aliphatic rings. The van der Waals surface area contributed by atoms with Crippen molar-refractivity contribution < 1.29 is 14.3 Å². The van der Waals surface area contributed by atoms with Crippen LogP contribution in [0.25, 0.3) is 0 Å². The Morgan fingerprint density at radius 2 is 2.10 bits per heavy atom. The van der Waals surface area contributed by atoms with Crippen LogP contribution in [0.4, 0.5) is 4.39 Å². The minimum atomic E-state index is -0.314. The molecule has 0 unspecified atom stereocenters. The smallest absolute Gasteiger partial charge is 0.230 e. The van der Waals surface area contributed by atoms with Crippen LogP contribution in [-0.2, 0) is 4.79 Å². The maximum absolute atomic E-state index is 12.9. The van der Waals surface area contributed by atoms with Crippen molar-refractivity contribution in [3.05, 3.63) is 35.6 Å². The van der Waals surface area contributed by atoms with Crippen LogP contribution in [0.1, 0.15) is 18.0 Å². The van der Waals surface area contributed by atoms with Gasteiger partial charge in [-0.25, -0.2) is 4.39 Å². The second-order valence-electron chi connectivity index (χ2n) is 4.34. The molecule has 0 aliphatic heterocycles. The van der Waals surface area contributed by atoms with Gasteiger partial charge >= 0.3 is 0 Å². The first-order chi connectivity index (χ1) is 9.67. The Kier molecular flexibility index (Phi) is 8.25. The first-order valence-electron chi connectivity index (χ1n) is 6.55. The lowest BCUT2D eigenvalue weighted by Gasteiger charge is -2.18. The van der Waals surface area contributed by atoms with E-state index in [1.165, 1.54) is 12.1 Å². The molecule has 1 amide bonds. The summed E-state index contributed by atoms with van der Waals surface area (Å²) in [7, 11) is 1.87. The fourth-order valence-electron chi connectivity index (χ4n) is 1.72. The number of nitrogens with one attached hydrogen (secondary N) is 2. The zero-order chi connectivity index (χ0) is 14.8. The fourth-order valence-corrected chi connectivity index (χ4v) is 2.48. The Morgan fingerprint density at radius 1 is 1.40 bits per heavy atom. The average molecular weight is 300 g/mol. The third-order valence-corrected chi connectivity index (χ3v) is 3.71. The molecule has 3 N–H and O–H groups in total. The third-order valence-electron chi connectivity index (χ3n) is 2.75. The molecule has 4 nitrogen and oxygen atoms in total. The molecule has 1 rings (SSSR count). The average Bonchev–Trinajstić information content (AvgIpc) is 2.44. The molecule has 1 atom stereocenters. The molecule has 1 aromatic rings. The Hall–Kier alpha value is -1.11. The van der Waals surface area contributed by atoms with Crippen LogP contribution in [0.15, 0.2) is 24.3 Å². The minimum Gasteiger partial charge on any atom is -0.396 e. The van der Waals surface area contributed by atoms with Gasteiger partial charge in [0.15, 0.2) is 0 Å². The Labute approximate surface area is 123 Å². The first kappa shape index (κ1) is 16.9. The highest BCUT2D eigenvalue weighted by Gasteiger charge is 2.14. The molecular formula is C14H21FN2O2S. The molecule has 1 aromatic carbocycles. The normalized spacial score (nSPS) is 12.2. The summed E-state index contributed by atoms with van der Waals surface area (Å²) in [6.07, 6.45) is 0.415. The lowest BCUT2D eigenvalue weighted by molar-refractivity contribution is -0.119. The molecular weight excluding hydrogens is 279 g/mol. The molecule has 0 bridgehead atoms. The molecule has 0 saturated carbocycles. The lowest BCUT2D eigenvalue weighted by atomic mass is 10.0. The van der Waals surface area contributed by atoms with E-state index < -0.39 is 0 Å². The highest BCUT2D eigenvalue weighted by atomic mass is 32.2. The van der Waals surface area contributed by atoms with Crippen molar-refractivity contribution in [2.45, 2.75) is 12.5 Å². The molecule has 0 aliphatic carbocycles. The third kappa shape index (κ3) is 6.36. The predicted molar refractivity (Wildman–Crippen MR) is 80.2 cm³/mol. The van der Waals surface area contributed by atoms with E-state index in [-0.39, 0.29) is 24.4 Å². The first-order valence-corrected chi connectivity index (χ1v) is 7.71. The molecule has 0 heterocycles. The summed E-state index contributed by atoms with van der Waals surface area (Å²) in [6, 6.07) is 5.69. The number of benzene rings is 1. The van der Waals surface area contributed by atoms with E-state index in [9.17, 15) is 9.18 Å². The molecule has 112 valence electrons. The monoisotopic (exact) mass is 300 g/mol. The minimum absolute atomic E-state index is 0.0325. The summed E-state index contributed by atoms with van der Waals surface area (Å²) in [4.78, 5) is 11.8. The molecule has 0 aromatic heterocycles. The molecule has 0 spiro atoms. The van der Waals surface area contributed by atoms with Crippen molar-refractivity contribution >= 4 is 17.7 Å². The van der Waals surface area contributed by atoms with Crippen molar-refractivity contribution in [3.8, 4) is 0 Å². The van der Waals surface area contributed by atoms with Crippen LogP contribution in [0.5, 0.6) is 0 Å². The van der Waals surface area contributed by atoms with Crippen LogP contribution < -0.4 is 10.6 Å². The van der Waals surface area contributed by atoms with Crippen molar-refractivity contribution in [2.75, 3.05) is 31.7 Å². The standard InChI is InChI=1S/C14H21FN2O2S/c1-16-7-9-20-10-14(19)17-13(6-8-18)11-2-4-12(15)5-3-11/h2-5,13,16,18H,6-10H2,1H3,(H,17,19)/t13-/m0/s1. The number of amides is 1. The number of rotatable bonds is 9. The van der Waals surface area contributed by atoms with E-state index in [2.05, 4.69) is 10.6 Å². The number of thioether (sulfide) groups is 1. The number of carbonyl (C=O) groups is 1. The molecule has 0 radical (unpaired) electrons. The summed E-state index contributed by atoms with van der Waals surface area (Å²) in [5.74, 6) is 0.856. The second kappa shape index (κ2) is 9.74. The number of carbonyl (C=O) groups excluding carboxylic acids is 1. The zero-order valence-electron chi connectivity index (χ0n) is 11.6. The van der Waals surface area contributed by atoms with Crippen LogP contribution in [0, 0.1) is 5.82 Å². The topological polar surface area (TPSA) is 61.4 Å². The van der Waals surface area contributed by atoms with Crippen molar-refractivity contribution in [3.63, 3.8) is 0 Å². The van der Waals surface area contributed by atoms with Gasteiger partial charge in [0, 0.05) is 18.9 Å². The van der Waals surface area contributed by atoms with Gasteiger partial charge in [0.05, 0.1) is 11.8 Å². The largest absolute Gasteiger partial charge is 0.396 e. The number of hydrogen-bond acceptors (Lipinski definition) is 4. The maximum atomic E-state index is 12.9. The number of halogens is 1. The van der Waals surface area contributed by atoms with Crippen molar-refractivity contribution in [1.82, 2.24) is 10.6 Å². The Morgan fingerprint density at radius 3 is 2.70 bits per heavy atom. The summed E-state index contributed by atoms with van der Waals surface area (Å²) < 4.78 is 12.9. The van der Waals surface area contributed by atoms with Gasteiger partial charge in [0.2, 0.25) is 5.91 Å². The SMILES string of the molecule is CNCCSCC(=O)N[C@@H](CCO)c1ccc(F)cc1. The van der Waals surface area contributed by atoms with Crippen LogP contribution in [0.3, 0.4) is 0 Å². The van der Waals surface area contributed by atoms with Gasteiger partial charge in [0.1, 0.15) is 5.82 Å². The lowest BCUT2D eigenvalue weighted by Crippen LogP contribution is -2.31. The highest BCUT2D eigenvalue weighted by Crippen LogP contribution is 2.17. The van der Waals surface area contributed by atoms with E-state index in [1.807, 2.05) is 7.05 Å². The predicted octanol–water partition coefficient (Wildman–Crippen LogP) is 1.32. The van der Waals surface area contributed by atoms with E-state index in [0.717, 1.165) is 17.9 Å². The highest BCUT2D eigenvalue weighted by molar-refractivity contribution is 7.99. The van der Waals surface area contributed by atoms with Gasteiger partial charge in [0.25, 0.3) is 0 Å². The summed E-state index contributed by atoms with van der Waals surface area (Å²) in [6.45, 7) is 0.825. The summed E-state index contributed by atoms with van der Waals surface area (Å²) in [5, 5.41) is 15.0. The summed E-state index contributed by atoms with van der Waals surface area (Å²) in [5.41, 5.74) is 0.800. The number of hydrogen-bond donors (Lipinski definition) is 3. The van der Waals surface area contributed by atoms with Crippen LogP contribution in [0.2, 0.25) is 0 Å². The van der Waals surface area contributed by atoms with Gasteiger partial charge in [-0.05, 0) is 31.2 Å². The van der Waals surface area contributed by atoms with Gasteiger partial charge < -0.3 is 15.7 Å². The zero-order valence-corrected chi connectivity index (χ0v) is 12.4. The molecule has 6 heteroatoms. The van der Waals surface area contributed by atoms with E-state index in [1.54, 1.807) is 23.9 Å². The molecule has 0 fully saturated rings. The number of aliphatic hydroxyl groups is 1. The van der Waals surface area contributed by atoms with Gasteiger partial charge in [-0.3, -0.25) is 4.79 Å². The molecule has 20 heavy (non-hydrogen) atoms. The maximum Gasteiger partial charge on any atom is 0.230 e. The Bertz CT molecular complexity index is 401. The second-order valence-corrected chi connectivity index (χ2v) is 5.45. The van der Waals surface area contributed by atoms with Gasteiger partial charge in [-0.2, -0.15) is 11.8 Å². The van der Waals surface area contributed by atoms with E-state index >= 15 is 0 Å². The van der Waals surface area contributed by atoms with Gasteiger partial charge in [-0.15, -0.1) is 0 Å². The van der Waals surface area contributed by atoms with Gasteiger partial charge in [-0.1, -0.05) is 12.1 Å². The Balaban J connectivity index is 2.49. The van der Waals surface area contributed by atoms with Crippen molar-refractivity contribution in [2.24, 2.45) is 0 Å².